The second-order valence-electron chi connectivity index (χ2n) is 6.74. The predicted octanol–water partition coefficient (Wildman–Crippen LogP) is 2.13. The number of rotatable bonds is 7. The molecule has 1 saturated heterocycles. The topological polar surface area (TPSA) is 65.8 Å². The summed E-state index contributed by atoms with van der Waals surface area (Å²) in [6.07, 6.45) is 1.13. The lowest BCUT2D eigenvalue weighted by Crippen LogP contribution is -2.35. The Balaban J connectivity index is 1.78. The van der Waals surface area contributed by atoms with Gasteiger partial charge in [0, 0.05) is 31.6 Å². The van der Waals surface area contributed by atoms with Gasteiger partial charge in [-0.1, -0.05) is 6.92 Å². The molecule has 1 amide bonds. The lowest BCUT2D eigenvalue weighted by atomic mass is 10.1. The van der Waals surface area contributed by atoms with E-state index in [0.717, 1.165) is 13.1 Å². The van der Waals surface area contributed by atoms with Crippen molar-refractivity contribution in [3.05, 3.63) is 23.8 Å². The van der Waals surface area contributed by atoms with Crippen LogP contribution in [0.1, 0.15) is 25.3 Å². The maximum Gasteiger partial charge on any atom is 0.222 e. The molecule has 0 radical (unpaired) electrons. The number of hydrogen-bond acceptors (Lipinski definition) is 5. The summed E-state index contributed by atoms with van der Waals surface area (Å²) in [5.41, 5.74) is 0.526. The molecule has 1 aliphatic heterocycles. The minimum Gasteiger partial charge on any atom is -0.493 e. The van der Waals surface area contributed by atoms with E-state index in [1.807, 2.05) is 4.90 Å². The van der Waals surface area contributed by atoms with Crippen molar-refractivity contribution < 1.29 is 14.3 Å². The second-order valence-corrected chi connectivity index (χ2v) is 6.74. The lowest BCUT2D eigenvalue weighted by Gasteiger charge is -2.22. The SMILES string of the molecule is COc1cc(C#N)ccc1OCCCC(=O)N1C[C@@H](C)[C@@H](N(C)C)C1. The Morgan fingerprint density at radius 3 is 2.72 bits per heavy atom. The summed E-state index contributed by atoms with van der Waals surface area (Å²) in [6.45, 7) is 4.26. The van der Waals surface area contributed by atoms with E-state index in [2.05, 4.69) is 32.0 Å². The molecule has 0 saturated carbocycles. The molecule has 6 nitrogen and oxygen atoms in total. The van der Waals surface area contributed by atoms with Crippen LogP contribution < -0.4 is 9.47 Å². The van der Waals surface area contributed by atoms with Crippen LogP contribution in [0.2, 0.25) is 0 Å². The van der Waals surface area contributed by atoms with Gasteiger partial charge in [0.05, 0.1) is 25.3 Å². The Kier molecular flexibility index (Phi) is 6.65. The third-order valence-corrected chi connectivity index (χ3v) is 4.67. The minimum absolute atomic E-state index is 0.187. The number of methoxy groups -OCH3 is 1. The van der Waals surface area contributed by atoms with Gasteiger partial charge >= 0.3 is 0 Å². The highest BCUT2D eigenvalue weighted by atomic mass is 16.5. The fourth-order valence-electron chi connectivity index (χ4n) is 3.25. The molecular formula is C19H27N3O3. The third-order valence-electron chi connectivity index (χ3n) is 4.67. The molecule has 136 valence electrons. The zero-order valence-corrected chi connectivity index (χ0v) is 15.5. The minimum atomic E-state index is 0.187. The Bertz CT molecular complexity index is 639. The number of ether oxygens (including phenoxy) is 2. The highest BCUT2D eigenvalue weighted by Crippen LogP contribution is 2.28. The smallest absolute Gasteiger partial charge is 0.222 e. The first-order valence-electron chi connectivity index (χ1n) is 8.61. The highest BCUT2D eigenvalue weighted by Gasteiger charge is 2.33. The standard InChI is InChI=1S/C19H27N3O3/c1-14-12-22(13-16(14)21(2)3)19(23)6-5-9-25-17-8-7-15(11-20)10-18(17)24-4/h7-8,10,14,16H,5-6,9,12-13H2,1-4H3/t14-,16+/m1/s1. The molecule has 1 fully saturated rings. The molecule has 0 bridgehead atoms. The van der Waals surface area contributed by atoms with Gasteiger partial charge < -0.3 is 19.3 Å². The quantitative estimate of drug-likeness (QED) is 0.708. The normalized spacial score (nSPS) is 19.8. The first-order valence-corrected chi connectivity index (χ1v) is 8.61. The number of nitrogens with zero attached hydrogens (tertiary/aromatic N) is 3. The molecule has 25 heavy (non-hydrogen) atoms. The van der Waals surface area contributed by atoms with Crippen molar-refractivity contribution in [1.29, 1.82) is 5.26 Å². The zero-order chi connectivity index (χ0) is 18.4. The average molecular weight is 345 g/mol. The van der Waals surface area contributed by atoms with Gasteiger partial charge in [-0.05, 0) is 38.6 Å². The zero-order valence-electron chi connectivity index (χ0n) is 15.5. The number of hydrogen-bond donors (Lipinski definition) is 0. The summed E-state index contributed by atoms with van der Waals surface area (Å²) in [4.78, 5) is 16.5. The van der Waals surface area contributed by atoms with Crippen LogP contribution in [-0.4, -0.2) is 62.7 Å². The van der Waals surface area contributed by atoms with E-state index in [9.17, 15) is 4.79 Å². The van der Waals surface area contributed by atoms with E-state index in [1.165, 1.54) is 0 Å². The van der Waals surface area contributed by atoms with Crippen molar-refractivity contribution in [3.63, 3.8) is 0 Å². The van der Waals surface area contributed by atoms with Crippen LogP contribution in [0.3, 0.4) is 0 Å². The van der Waals surface area contributed by atoms with E-state index in [1.54, 1.807) is 25.3 Å². The van der Waals surface area contributed by atoms with Crippen molar-refractivity contribution in [2.24, 2.45) is 5.92 Å². The molecule has 6 heteroatoms. The van der Waals surface area contributed by atoms with Gasteiger partial charge in [-0.25, -0.2) is 0 Å². The van der Waals surface area contributed by atoms with Crippen LogP contribution in [0.25, 0.3) is 0 Å². The molecule has 0 spiro atoms. The number of benzene rings is 1. The van der Waals surface area contributed by atoms with E-state index < -0.39 is 0 Å². The number of likely N-dealkylation sites (tertiary alicyclic amines) is 1. The average Bonchev–Trinajstić information content (AvgIpc) is 3.00. The van der Waals surface area contributed by atoms with E-state index >= 15 is 0 Å². The molecule has 1 aromatic carbocycles. The largest absolute Gasteiger partial charge is 0.493 e. The molecule has 2 rings (SSSR count). The fourth-order valence-corrected chi connectivity index (χ4v) is 3.25. The van der Waals surface area contributed by atoms with Crippen molar-refractivity contribution in [2.75, 3.05) is 40.9 Å². The maximum atomic E-state index is 12.4. The second kappa shape index (κ2) is 8.72. The van der Waals surface area contributed by atoms with Crippen molar-refractivity contribution in [3.8, 4) is 17.6 Å². The molecule has 0 aromatic heterocycles. The molecule has 1 aliphatic rings. The Morgan fingerprint density at radius 2 is 2.12 bits per heavy atom. The van der Waals surface area contributed by atoms with Gasteiger partial charge in [0.2, 0.25) is 5.91 Å². The molecule has 0 unspecified atom stereocenters. The summed E-state index contributed by atoms with van der Waals surface area (Å²) < 4.78 is 10.9. The summed E-state index contributed by atoms with van der Waals surface area (Å²) in [5, 5.41) is 8.91. The number of amides is 1. The van der Waals surface area contributed by atoms with Crippen LogP contribution in [0.4, 0.5) is 0 Å². The Morgan fingerprint density at radius 1 is 1.36 bits per heavy atom. The maximum absolute atomic E-state index is 12.4. The van der Waals surface area contributed by atoms with Crippen molar-refractivity contribution in [2.45, 2.75) is 25.8 Å². The van der Waals surface area contributed by atoms with Crippen LogP contribution >= 0.6 is 0 Å². The number of likely N-dealkylation sites (N-methyl/N-ethyl adjacent to an activating group) is 1. The summed E-state index contributed by atoms with van der Waals surface area (Å²) in [5.74, 6) is 1.81. The number of carbonyl (C=O) groups is 1. The van der Waals surface area contributed by atoms with E-state index in [4.69, 9.17) is 14.7 Å². The van der Waals surface area contributed by atoms with Crippen LogP contribution in [-0.2, 0) is 4.79 Å². The Hall–Kier alpha value is -2.26. The molecule has 0 N–H and O–H groups in total. The van der Waals surface area contributed by atoms with Gasteiger partial charge in [-0.2, -0.15) is 5.26 Å². The fraction of sp³-hybridized carbons (Fsp3) is 0.579. The summed E-state index contributed by atoms with van der Waals surface area (Å²) >= 11 is 0. The first-order chi connectivity index (χ1) is 12.0. The van der Waals surface area contributed by atoms with Crippen LogP contribution in [0.5, 0.6) is 11.5 Å². The Labute approximate surface area is 149 Å². The van der Waals surface area contributed by atoms with Gasteiger partial charge in [0.1, 0.15) is 0 Å². The van der Waals surface area contributed by atoms with Crippen LogP contribution in [0.15, 0.2) is 18.2 Å². The summed E-state index contributed by atoms with van der Waals surface area (Å²) in [6, 6.07) is 7.56. The van der Waals surface area contributed by atoms with Gasteiger partial charge in [-0.15, -0.1) is 0 Å². The highest BCUT2D eigenvalue weighted by molar-refractivity contribution is 5.76. The van der Waals surface area contributed by atoms with Gasteiger partial charge in [0.25, 0.3) is 0 Å². The molecular weight excluding hydrogens is 318 g/mol. The van der Waals surface area contributed by atoms with Gasteiger partial charge in [0.15, 0.2) is 11.5 Å². The third kappa shape index (κ3) is 4.86. The predicted molar refractivity (Wildman–Crippen MR) is 95.7 cm³/mol. The first kappa shape index (κ1) is 19.1. The molecule has 0 aliphatic carbocycles. The summed E-state index contributed by atoms with van der Waals surface area (Å²) in [7, 11) is 5.67. The van der Waals surface area contributed by atoms with E-state index in [0.29, 0.717) is 48.5 Å². The van der Waals surface area contributed by atoms with E-state index in [-0.39, 0.29) is 5.91 Å². The monoisotopic (exact) mass is 345 g/mol. The molecule has 1 heterocycles. The van der Waals surface area contributed by atoms with Gasteiger partial charge in [-0.3, -0.25) is 4.79 Å². The molecule has 2 atom stereocenters. The number of carbonyl (C=O) groups excluding carboxylic acids is 1. The van der Waals surface area contributed by atoms with Crippen molar-refractivity contribution >= 4 is 5.91 Å². The number of nitriles is 1. The lowest BCUT2D eigenvalue weighted by molar-refractivity contribution is -0.130. The van der Waals surface area contributed by atoms with Crippen LogP contribution in [0, 0.1) is 17.2 Å². The van der Waals surface area contributed by atoms with Crippen molar-refractivity contribution in [1.82, 2.24) is 9.80 Å². The molecule has 1 aromatic rings.